The summed E-state index contributed by atoms with van der Waals surface area (Å²) in [7, 11) is 0. The summed E-state index contributed by atoms with van der Waals surface area (Å²) >= 11 is 0. The van der Waals surface area contributed by atoms with Gasteiger partial charge in [-0.3, -0.25) is 0 Å². The van der Waals surface area contributed by atoms with Gasteiger partial charge in [0.05, 0.1) is 0 Å². The highest BCUT2D eigenvalue weighted by molar-refractivity contribution is 5.75. The third-order valence-electron chi connectivity index (χ3n) is 1.76. The fourth-order valence-corrected chi connectivity index (χ4v) is 1.01. The Morgan fingerprint density at radius 3 is 2.73 bits per heavy atom. The molecule has 1 aromatic rings. The molecule has 1 aromatic carbocycles. The number of hydroxylamine groups is 1. The summed E-state index contributed by atoms with van der Waals surface area (Å²) in [6.07, 6.45) is -1.27. The standard InChI is InChI=1S/C10H14N2O3/c11-6-7-12-15-10(14)9(13)8-4-2-1-3-5-8/h1-5,9,12-13H,6-7,11H2. The molecule has 0 saturated carbocycles. The Bertz CT molecular complexity index is 303. The zero-order valence-electron chi connectivity index (χ0n) is 8.22. The van der Waals surface area contributed by atoms with E-state index >= 15 is 0 Å². The Labute approximate surface area is 87.8 Å². The quantitative estimate of drug-likeness (QED) is 0.460. The summed E-state index contributed by atoms with van der Waals surface area (Å²) in [4.78, 5) is 15.8. The molecule has 1 rings (SSSR count). The lowest BCUT2D eigenvalue weighted by atomic mass is 10.1. The third-order valence-corrected chi connectivity index (χ3v) is 1.76. The molecule has 82 valence electrons. The minimum absolute atomic E-state index is 0.354. The number of aliphatic hydroxyl groups excluding tert-OH is 1. The second-order valence-electron chi connectivity index (χ2n) is 2.92. The largest absolute Gasteiger partial charge is 0.377 e. The first-order valence-electron chi connectivity index (χ1n) is 4.62. The fraction of sp³-hybridized carbons (Fsp3) is 0.300. The van der Waals surface area contributed by atoms with E-state index in [1.165, 1.54) is 0 Å². The molecule has 15 heavy (non-hydrogen) atoms. The molecular formula is C10H14N2O3. The minimum Gasteiger partial charge on any atom is -0.377 e. The SMILES string of the molecule is NCCNOC(=O)C(O)c1ccccc1. The fourth-order valence-electron chi connectivity index (χ4n) is 1.01. The van der Waals surface area contributed by atoms with E-state index in [0.717, 1.165) is 0 Å². The molecule has 0 aliphatic heterocycles. The minimum atomic E-state index is -1.27. The average Bonchev–Trinajstić information content (AvgIpc) is 2.29. The zero-order valence-corrected chi connectivity index (χ0v) is 8.22. The maximum Gasteiger partial charge on any atom is 0.358 e. The van der Waals surface area contributed by atoms with Crippen molar-refractivity contribution in [1.82, 2.24) is 5.48 Å². The van der Waals surface area contributed by atoms with Gasteiger partial charge in [0, 0.05) is 13.1 Å². The number of hydrogen-bond donors (Lipinski definition) is 3. The molecule has 0 fully saturated rings. The lowest BCUT2D eigenvalue weighted by molar-refractivity contribution is -0.161. The number of nitrogens with two attached hydrogens (primary N) is 1. The van der Waals surface area contributed by atoms with Crippen LogP contribution in [0.25, 0.3) is 0 Å². The number of nitrogens with one attached hydrogen (secondary N) is 1. The van der Waals surface area contributed by atoms with Crippen LogP contribution in [0.3, 0.4) is 0 Å². The summed E-state index contributed by atoms with van der Waals surface area (Å²) in [5, 5.41) is 9.54. The lowest BCUT2D eigenvalue weighted by Crippen LogP contribution is -2.28. The summed E-state index contributed by atoms with van der Waals surface area (Å²) in [6.45, 7) is 0.710. The van der Waals surface area contributed by atoms with Crippen molar-refractivity contribution in [2.24, 2.45) is 5.73 Å². The number of benzene rings is 1. The molecule has 0 bridgehead atoms. The third kappa shape index (κ3) is 3.67. The van der Waals surface area contributed by atoms with Crippen LogP contribution >= 0.6 is 0 Å². The van der Waals surface area contributed by atoms with Crippen molar-refractivity contribution in [1.29, 1.82) is 0 Å². The molecule has 4 N–H and O–H groups in total. The van der Waals surface area contributed by atoms with E-state index in [1.807, 2.05) is 0 Å². The first kappa shape index (κ1) is 11.6. The maximum absolute atomic E-state index is 11.2. The summed E-state index contributed by atoms with van der Waals surface area (Å²) in [5.74, 6) is -0.741. The molecule has 0 amide bonds. The first-order valence-corrected chi connectivity index (χ1v) is 4.62. The van der Waals surface area contributed by atoms with Crippen LogP contribution in [0.1, 0.15) is 11.7 Å². The van der Waals surface area contributed by atoms with Gasteiger partial charge in [-0.15, -0.1) is 0 Å². The second-order valence-corrected chi connectivity index (χ2v) is 2.92. The van der Waals surface area contributed by atoms with Crippen LogP contribution in [0.5, 0.6) is 0 Å². The van der Waals surface area contributed by atoms with Gasteiger partial charge in [-0.1, -0.05) is 30.3 Å². The molecule has 0 saturated heterocycles. The predicted octanol–water partition coefficient (Wildman–Crippen LogP) is -0.274. The van der Waals surface area contributed by atoms with Crippen molar-refractivity contribution in [3.63, 3.8) is 0 Å². The highest BCUT2D eigenvalue weighted by Gasteiger charge is 2.18. The Morgan fingerprint density at radius 2 is 2.13 bits per heavy atom. The van der Waals surface area contributed by atoms with Crippen molar-refractivity contribution >= 4 is 5.97 Å². The highest BCUT2D eigenvalue weighted by Crippen LogP contribution is 2.12. The normalized spacial score (nSPS) is 12.1. The van der Waals surface area contributed by atoms with Crippen LogP contribution in [0.4, 0.5) is 0 Å². The molecule has 0 heterocycles. The van der Waals surface area contributed by atoms with Crippen molar-refractivity contribution in [2.45, 2.75) is 6.10 Å². The number of carbonyl (C=O) groups is 1. The van der Waals surface area contributed by atoms with Crippen LogP contribution < -0.4 is 11.2 Å². The van der Waals surface area contributed by atoms with Crippen LogP contribution in [-0.2, 0) is 9.63 Å². The van der Waals surface area contributed by atoms with Gasteiger partial charge in [0.25, 0.3) is 0 Å². The first-order chi connectivity index (χ1) is 7.25. The van der Waals surface area contributed by atoms with Gasteiger partial charge < -0.3 is 15.7 Å². The predicted molar refractivity (Wildman–Crippen MR) is 54.6 cm³/mol. The molecule has 5 nitrogen and oxygen atoms in total. The van der Waals surface area contributed by atoms with E-state index in [-0.39, 0.29) is 0 Å². The van der Waals surface area contributed by atoms with Gasteiger partial charge in [-0.05, 0) is 5.56 Å². The van der Waals surface area contributed by atoms with E-state index < -0.39 is 12.1 Å². The number of hydrogen-bond acceptors (Lipinski definition) is 5. The maximum atomic E-state index is 11.2. The van der Waals surface area contributed by atoms with Crippen LogP contribution in [0.15, 0.2) is 30.3 Å². The van der Waals surface area contributed by atoms with E-state index in [2.05, 4.69) is 10.3 Å². The van der Waals surface area contributed by atoms with E-state index in [1.54, 1.807) is 30.3 Å². The monoisotopic (exact) mass is 210 g/mol. The van der Waals surface area contributed by atoms with Gasteiger partial charge in [-0.2, -0.15) is 5.48 Å². The van der Waals surface area contributed by atoms with Gasteiger partial charge in [-0.25, -0.2) is 4.79 Å². The van der Waals surface area contributed by atoms with Crippen molar-refractivity contribution in [3.8, 4) is 0 Å². The van der Waals surface area contributed by atoms with Crippen molar-refractivity contribution in [3.05, 3.63) is 35.9 Å². The smallest absolute Gasteiger partial charge is 0.358 e. The average molecular weight is 210 g/mol. The van der Waals surface area contributed by atoms with Crippen LogP contribution in [0, 0.1) is 0 Å². The lowest BCUT2D eigenvalue weighted by Gasteiger charge is -2.10. The zero-order chi connectivity index (χ0) is 11.1. The number of aliphatic hydroxyl groups is 1. The Balaban J connectivity index is 2.46. The molecule has 0 radical (unpaired) electrons. The van der Waals surface area contributed by atoms with Crippen molar-refractivity contribution in [2.75, 3.05) is 13.1 Å². The van der Waals surface area contributed by atoms with Crippen LogP contribution in [-0.4, -0.2) is 24.2 Å². The van der Waals surface area contributed by atoms with Gasteiger partial charge >= 0.3 is 5.97 Å². The Kier molecular flexibility index (Phi) is 4.76. The van der Waals surface area contributed by atoms with Gasteiger partial charge in [0.2, 0.25) is 0 Å². The second kappa shape index (κ2) is 6.13. The highest BCUT2D eigenvalue weighted by atomic mass is 16.7. The van der Waals surface area contributed by atoms with E-state index in [0.29, 0.717) is 18.7 Å². The molecule has 0 aromatic heterocycles. The molecular weight excluding hydrogens is 196 g/mol. The Hall–Kier alpha value is -1.43. The molecule has 1 unspecified atom stereocenters. The van der Waals surface area contributed by atoms with Gasteiger partial charge in [0.15, 0.2) is 6.10 Å². The molecule has 0 aliphatic carbocycles. The molecule has 0 spiro atoms. The summed E-state index contributed by atoms with van der Waals surface area (Å²) < 4.78 is 0. The number of carbonyl (C=O) groups excluding carboxylic acids is 1. The van der Waals surface area contributed by atoms with E-state index in [4.69, 9.17) is 5.73 Å². The number of rotatable bonds is 5. The Morgan fingerprint density at radius 1 is 1.47 bits per heavy atom. The van der Waals surface area contributed by atoms with Crippen molar-refractivity contribution < 1.29 is 14.7 Å². The topological polar surface area (TPSA) is 84.6 Å². The van der Waals surface area contributed by atoms with Gasteiger partial charge in [0.1, 0.15) is 0 Å². The summed E-state index contributed by atoms with van der Waals surface area (Å²) in [5.41, 5.74) is 8.03. The molecule has 5 heteroatoms. The molecule has 1 atom stereocenters. The molecule has 0 aliphatic rings. The van der Waals surface area contributed by atoms with Crippen LogP contribution in [0.2, 0.25) is 0 Å². The summed E-state index contributed by atoms with van der Waals surface area (Å²) in [6, 6.07) is 8.57. The van der Waals surface area contributed by atoms with E-state index in [9.17, 15) is 9.90 Å².